The van der Waals surface area contributed by atoms with Crippen molar-refractivity contribution in [3.8, 4) is 11.5 Å². The third kappa shape index (κ3) is 7.74. The smallest absolute Gasteiger partial charge is 0.315 e. The highest BCUT2D eigenvalue weighted by Gasteiger charge is 2.18. The Morgan fingerprint density at radius 1 is 0.794 bits per heavy atom. The van der Waals surface area contributed by atoms with Gasteiger partial charge in [0.1, 0.15) is 6.29 Å². The summed E-state index contributed by atoms with van der Waals surface area (Å²) in [5.41, 5.74) is 2.31. The third-order valence-corrected chi connectivity index (χ3v) is 4.98. The maximum absolute atomic E-state index is 12.6. The molecule has 3 aromatic carbocycles. The maximum atomic E-state index is 12.6. The van der Waals surface area contributed by atoms with Crippen LogP contribution in [0.5, 0.6) is 11.5 Å². The van der Waals surface area contributed by atoms with Crippen molar-refractivity contribution in [1.82, 2.24) is 0 Å². The van der Waals surface area contributed by atoms with Gasteiger partial charge in [0.15, 0.2) is 11.5 Å². The fourth-order valence-electron chi connectivity index (χ4n) is 3.38. The average Bonchev–Trinajstić information content (AvgIpc) is 2.79. The predicted molar refractivity (Wildman–Crippen MR) is 134 cm³/mol. The van der Waals surface area contributed by atoms with Crippen LogP contribution in [0.3, 0.4) is 0 Å². The summed E-state index contributed by atoms with van der Waals surface area (Å²) in [4.78, 5) is 38.1. The number of aldehydes is 1. The van der Waals surface area contributed by atoms with Crippen LogP contribution in [0.2, 0.25) is 0 Å². The number of benzene rings is 3. The van der Waals surface area contributed by atoms with Crippen LogP contribution in [0.4, 0.5) is 5.69 Å². The van der Waals surface area contributed by atoms with Crippen molar-refractivity contribution in [3.63, 3.8) is 0 Å². The zero-order valence-electron chi connectivity index (χ0n) is 19.2. The third-order valence-electron chi connectivity index (χ3n) is 4.98. The molecule has 7 heteroatoms. The number of esters is 2. The van der Waals surface area contributed by atoms with Gasteiger partial charge in [-0.2, -0.15) is 0 Å². The number of ether oxygens (including phenoxy) is 2. The van der Waals surface area contributed by atoms with Crippen molar-refractivity contribution in [2.24, 2.45) is 0 Å². The Labute approximate surface area is 205 Å². The molecule has 0 unspecified atom stereocenters. The van der Waals surface area contributed by atoms with E-state index in [2.05, 4.69) is 0 Å². The van der Waals surface area contributed by atoms with Gasteiger partial charge >= 0.3 is 11.9 Å². The topological polar surface area (TPSA) is 72.9 Å². The summed E-state index contributed by atoms with van der Waals surface area (Å²) in [6, 6.07) is 23.5. The van der Waals surface area contributed by atoms with Gasteiger partial charge in [-0.25, -0.2) is 0 Å². The fourth-order valence-corrected chi connectivity index (χ4v) is 3.38. The number of hydrogen-bond acceptors (Lipinski definition) is 6. The van der Waals surface area contributed by atoms with Crippen LogP contribution in [0.15, 0.2) is 78.9 Å². The highest BCUT2D eigenvalue weighted by atomic mass is 35.5. The number of rotatable bonds is 10. The summed E-state index contributed by atoms with van der Waals surface area (Å²) >= 11 is 0. The molecule has 178 valence electrons. The number of carbonyl (C=O) groups excluding carboxylic acids is 3. The van der Waals surface area contributed by atoms with Crippen LogP contribution in [-0.4, -0.2) is 30.8 Å². The fraction of sp³-hybridized carbons (Fsp3) is 0.222. The molecule has 0 aromatic heterocycles. The number of halogens is 1. The first-order valence-electron chi connectivity index (χ1n) is 10.8. The molecule has 0 aliphatic heterocycles. The van der Waals surface area contributed by atoms with E-state index >= 15 is 0 Å². The summed E-state index contributed by atoms with van der Waals surface area (Å²) in [5, 5.41) is 0. The Morgan fingerprint density at radius 2 is 1.29 bits per heavy atom. The van der Waals surface area contributed by atoms with Crippen molar-refractivity contribution in [3.05, 3.63) is 90.0 Å². The average molecular weight is 482 g/mol. The van der Waals surface area contributed by atoms with Gasteiger partial charge in [0, 0.05) is 17.8 Å². The lowest BCUT2D eigenvalue weighted by Crippen LogP contribution is -2.32. The van der Waals surface area contributed by atoms with E-state index in [9.17, 15) is 14.4 Å². The first-order valence-corrected chi connectivity index (χ1v) is 10.8. The Balaban J connectivity index is 0.00000408. The molecule has 0 amide bonds. The zero-order chi connectivity index (χ0) is 23.6. The van der Waals surface area contributed by atoms with Crippen LogP contribution in [0.25, 0.3) is 0 Å². The molecule has 0 bridgehead atoms. The van der Waals surface area contributed by atoms with Gasteiger partial charge in [0.2, 0.25) is 0 Å². The van der Waals surface area contributed by atoms with Gasteiger partial charge in [-0.15, -0.1) is 12.4 Å². The van der Waals surface area contributed by atoms with Crippen molar-refractivity contribution in [2.75, 3.05) is 11.4 Å². The molecular formula is C27H28ClNO5. The molecule has 0 aliphatic rings. The lowest BCUT2D eigenvalue weighted by molar-refractivity contribution is -0.136. The number of nitrogens with zero attached hydrogens (tertiary/aromatic N) is 1. The molecule has 0 saturated heterocycles. The standard InChI is InChI=1S/C27H27NO5.ClH/c1-20(2)28(15-16-29)23-13-14-24(32-26(30)17-21-9-5-3-6-10-21)25(19-23)33-27(31)18-22-11-7-4-8-12-22;/h3-14,16,19-20H,15,17-18H2,1-2H3;1H. The molecule has 0 fully saturated rings. The SMILES string of the molecule is CC(C)N(CC=O)c1ccc(OC(=O)Cc2ccccc2)c(OC(=O)Cc2ccccc2)c1.Cl. The second-order valence-electron chi connectivity index (χ2n) is 7.82. The van der Waals surface area contributed by atoms with Crippen molar-refractivity contribution in [1.29, 1.82) is 0 Å². The van der Waals surface area contributed by atoms with E-state index < -0.39 is 11.9 Å². The first-order chi connectivity index (χ1) is 16.0. The van der Waals surface area contributed by atoms with Crippen molar-refractivity contribution in [2.45, 2.75) is 32.7 Å². The van der Waals surface area contributed by atoms with Crippen LogP contribution >= 0.6 is 12.4 Å². The van der Waals surface area contributed by atoms with Gasteiger partial charge in [-0.05, 0) is 37.1 Å². The Hall–Kier alpha value is -3.64. The van der Waals surface area contributed by atoms with E-state index in [-0.39, 0.29) is 49.3 Å². The summed E-state index contributed by atoms with van der Waals surface area (Å²) in [5.74, 6) is -0.671. The monoisotopic (exact) mass is 481 g/mol. The molecule has 34 heavy (non-hydrogen) atoms. The molecule has 0 saturated carbocycles. The van der Waals surface area contributed by atoms with E-state index in [1.807, 2.05) is 79.4 Å². The van der Waals surface area contributed by atoms with E-state index in [4.69, 9.17) is 9.47 Å². The van der Waals surface area contributed by atoms with E-state index in [1.54, 1.807) is 18.2 Å². The number of hydrogen-bond donors (Lipinski definition) is 0. The second kappa shape index (κ2) is 13.2. The van der Waals surface area contributed by atoms with Crippen LogP contribution < -0.4 is 14.4 Å². The van der Waals surface area contributed by atoms with E-state index in [0.717, 1.165) is 17.4 Å². The molecule has 6 nitrogen and oxygen atoms in total. The predicted octanol–water partition coefficient (Wildman–Crippen LogP) is 4.82. The number of anilines is 1. The van der Waals surface area contributed by atoms with Crippen LogP contribution in [0, 0.1) is 0 Å². The molecule has 0 heterocycles. The second-order valence-corrected chi connectivity index (χ2v) is 7.82. The number of carbonyl (C=O) groups is 3. The van der Waals surface area contributed by atoms with Crippen molar-refractivity contribution < 1.29 is 23.9 Å². The Kier molecular flexibility index (Phi) is 10.3. The van der Waals surface area contributed by atoms with Crippen LogP contribution in [-0.2, 0) is 27.2 Å². The molecule has 3 aromatic rings. The lowest BCUT2D eigenvalue weighted by atomic mass is 10.1. The maximum Gasteiger partial charge on any atom is 0.315 e. The first kappa shape index (κ1) is 26.6. The minimum atomic E-state index is -0.481. The van der Waals surface area contributed by atoms with Gasteiger partial charge in [0.25, 0.3) is 0 Å². The molecule has 3 rings (SSSR count). The Morgan fingerprint density at radius 3 is 1.76 bits per heavy atom. The molecule has 0 atom stereocenters. The normalized spacial score (nSPS) is 10.2. The van der Waals surface area contributed by atoms with Gasteiger partial charge in [0.05, 0.1) is 19.4 Å². The summed E-state index contributed by atoms with van der Waals surface area (Å²) in [6.07, 6.45) is 0.975. The van der Waals surface area contributed by atoms with E-state index in [0.29, 0.717) is 5.69 Å². The largest absolute Gasteiger partial charge is 0.422 e. The van der Waals surface area contributed by atoms with Gasteiger partial charge in [-0.1, -0.05) is 60.7 Å². The molecule has 0 spiro atoms. The van der Waals surface area contributed by atoms with Crippen molar-refractivity contribution >= 4 is 36.3 Å². The van der Waals surface area contributed by atoms with Gasteiger partial charge in [-0.3, -0.25) is 9.59 Å². The summed E-state index contributed by atoms with van der Waals surface area (Å²) in [6.45, 7) is 4.10. The molecule has 0 aliphatic carbocycles. The van der Waals surface area contributed by atoms with E-state index in [1.165, 1.54) is 0 Å². The summed E-state index contributed by atoms with van der Waals surface area (Å²) in [7, 11) is 0. The molecule has 0 N–H and O–H groups in total. The summed E-state index contributed by atoms with van der Waals surface area (Å²) < 4.78 is 11.2. The highest BCUT2D eigenvalue weighted by molar-refractivity contribution is 5.85. The molecule has 0 radical (unpaired) electrons. The van der Waals surface area contributed by atoms with Gasteiger partial charge < -0.3 is 19.2 Å². The minimum absolute atomic E-state index is 0. The lowest BCUT2D eigenvalue weighted by Gasteiger charge is -2.27. The zero-order valence-corrected chi connectivity index (χ0v) is 20.0. The molecular weight excluding hydrogens is 454 g/mol. The minimum Gasteiger partial charge on any atom is -0.422 e. The Bertz CT molecular complexity index is 1090. The van der Waals surface area contributed by atoms with Crippen LogP contribution in [0.1, 0.15) is 25.0 Å². The highest BCUT2D eigenvalue weighted by Crippen LogP contribution is 2.33. The quantitative estimate of drug-likeness (QED) is 0.235.